The number of nitrogens with zero attached hydrogens (tertiary/aromatic N) is 1. The second-order valence-electron chi connectivity index (χ2n) is 4.42. The molecule has 0 bridgehead atoms. The second kappa shape index (κ2) is 4.14. The molecule has 0 aromatic carbocycles. The summed E-state index contributed by atoms with van der Waals surface area (Å²) in [4.78, 5) is 17.7. The molecular formula is C11H15N3OS. The lowest BCUT2D eigenvalue weighted by Crippen LogP contribution is -2.24. The van der Waals surface area contributed by atoms with E-state index in [1.807, 2.05) is 0 Å². The summed E-state index contributed by atoms with van der Waals surface area (Å²) >= 11 is 1.65. The number of thiazole rings is 1. The summed E-state index contributed by atoms with van der Waals surface area (Å²) in [6, 6.07) is 0. The van der Waals surface area contributed by atoms with Crippen LogP contribution in [-0.2, 0) is 17.6 Å². The summed E-state index contributed by atoms with van der Waals surface area (Å²) < 4.78 is 0. The highest BCUT2D eigenvalue weighted by atomic mass is 32.1. The maximum atomic E-state index is 11.9. The number of carbonyl (C=O) groups is 1. The lowest BCUT2D eigenvalue weighted by molar-refractivity contribution is -0.119. The summed E-state index contributed by atoms with van der Waals surface area (Å²) in [5, 5.41) is 6.94. The second-order valence-corrected chi connectivity index (χ2v) is 5.51. The van der Waals surface area contributed by atoms with Gasteiger partial charge in [-0.3, -0.25) is 4.79 Å². The van der Waals surface area contributed by atoms with Crippen LogP contribution in [0.25, 0.3) is 0 Å². The van der Waals surface area contributed by atoms with Gasteiger partial charge in [0.2, 0.25) is 5.91 Å². The minimum Gasteiger partial charge on any atom is -0.316 e. The van der Waals surface area contributed by atoms with Crippen LogP contribution in [0.15, 0.2) is 0 Å². The van der Waals surface area contributed by atoms with E-state index in [0.29, 0.717) is 0 Å². The van der Waals surface area contributed by atoms with Gasteiger partial charge in [0, 0.05) is 11.4 Å². The molecule has 86 valence electrons. The van der Waals surface area contributed by atoms with E-state index in [2.05, 4.69) is 15.6 Å². The quantitative estimate of drug-likeness (QED) is 0.812. The van der Waals surface area contributed by atoms with Gasteiger partial charge in [-0.2, -0.15) is 0 Å². The van der Waals surface area contributed by atoms with E-state index in [9.17, 15) is 4.79 Å². The van der Waals surface area contributed by atoms with E-state index >= 15 is 0 Å². The Bertz CT molecular complexity index is 388. The lowest BCUT2D eigenvalue weighted by Gasteiger charge is -2.06. The van der Waals surface area contributed by atoms with Crippen LogP contribution >= 0.6 is 11.3 Å². The lowest BCUT2D eigenvalue weighted by atomic mass is 10.1. The summed E-state index contributed by atoms with van der Waals surface area (Å²) in [6.45, 7) is 1.75. The zero-order valence-corrected chi connectivity index (χ0v) is 9.90. The van der Waals surface area contributed by atoms with Crippen molar-refractivity contribution in [3.05, 3.63) is 10.6 Å². The maximum absolute atomic E-state index is 11.9. The van der Waals surface area contributed by atoms with Crippen LogP contribution in [0, 0.1) is 5.92 Å². The Morgan fingerprint density at radius 3 is 3.19 bits per heavy atom. The molecule has 1 unspecified atom stereocenters. The Kier molecular flexibility index (Phi) is 2.65. The highest BCUT2D eigenvalue weighted by Crippen LogP contribution is 2.30. The van der Waals surface area contributed by atoms with Gasteiger partial charge in [0.15, 0.2) is 5.13 Å². The summed E-state index contributed by atoms with van der Waals surface area (Å²) in [6.07, 6.45) is 4.37. The molecule has 2 heterocycles. The van der Waals surface area contributed by atoms with Gasteiger partial charge in [0.1, 0.15) is 0 Å². The molecule has 1 aromatic rings. The van der Waals surface area contributed by atoms with E-state index < -0.39 is 0 Å². The van der Waals surface area contributed by atoms with Crippen molar-refractivity contribution >= 4 is 22.4 Å². The molecule has 1 aliphatic carbocycles. The van der Waals surface area contributed by atoms with Crippen molar-refractivity contribution in [2.75, 3.05) is 18.4 Å². The van der Waals surface area contributed by atoms with Crippen molar-refractivity contribution in [1.29, 1.82) is 0 Å². The van der Waals surface area contributed by atoms with Crippen LogP contribution in [-0.4, -0.2) is 24.0 Å². The average molecular weight is 237 g/mol. The van der Waals surface area contributed by atoms with E-state index in [1.165, 1.54) is 17.0 Å². The van der Waals surface area contributed by atoms with E-state index in [1.54, 1.807) is 11.3 Å². The minimum absolute atomic E-state index is 0.123. The van der Waals surface area contributed by atoms with Crippen molar-refractivity contribution in [2.24, 2.45) is 5.92 Å². The van der Waals surface area contributed by atoms with Gasteiger partial charge in [-0.25, -0.2) is 4.98 Å². The smallest absolute Gasteiger partial charge is 0.230 e. The molecule has 0 radical (unpaired) electrons. The molecule has 0 saturated carbocycles. The first-order chi connectivity index (χ1) is 7.83. The molecule has 1 saturated heterocycles. The van der Waals surface area contributed by atoms with Crippen LogP contribution < -0.4 is 10.6 Å². The fourth-order valence-electron chi connectivity index (χ4n) is 2.33. The zero-order valence-electron chi connectivity index (χ0n) is 9.08. The highest BCUT2D eigenvalue weighted by molar-refractivity contribution is 7.15. The Hall–Kier alpha value is -0.940. The number of amides is 1. The summed E-state index contributed by atoms with van der Waals surface area (Å²) in [5.41, 5.74) is 1.20. The molecule has 2 aliphatic rings. The number of rotatable bonds is 2. The van der Waals surface area contributed by atoms with Crippen molar-refractivity contribution in [3.63, 3.8) is 0 Å². The highest BCUT2D eigenvalue weighted by Gasteiger charge is 2.24. The topological polar surface area (TPSA) is 54.0 Å². The van der Waals surface area contributed by atoms with Crippen LogP contribution in [0.4, 0.5) is 5.13 Å². The number of carbonyl (C=O) groups excluding carboxylic acids is 1. The van der Waals surface area contributed by atoms with Crippen LogP contribution in [0.1, 0.15) is 23.4 Å². The van der Waals surface area contributed by atoms with Gasteiger partial charge in [-0.1, -0.05) is 0 Å². The maximum Gasteiger partial charge on any atom is 0.230 e. The Morgan fingerprint density at radius 2 is 2.44 bits per heavy atom. The van der Waals surface area contributed by atoms with Gasteiger partial charge in [-0.15, -0.1) is 11.3 Å². The fraction of sp³-hybridized carbons (Fsp3) is 0.636. The molecule has 1 aromatic heterocycles. The molecule has 4 nitrogen and oxygen atoms in total. The number of hydrogen-bond acceptors (Lipinski definition) is 4. The van der Waals surface area contributed by atoms with Gasteiger partial charge < -0.3 is 10.6 Å². The summed E-state index contributed by atoms with van der Waals surface area (Å²) in [5.74, 6) is 0.246. The van der Waals surface area contributed by atoms with Crippen molar-refractivity contribution < 1.29 is 4.79 Å². The molecule has 1 fully saturated rings. The van der Waals surface area contributed by atoms with Crippen LogP contribution in [0.2, 0.25) is 0 Å². The van der Waals surface area contributed by atoms with E-state index in [-0.39, 0.29) is 11.8 Å². The standard InChI is InChI=1S/C11H15N3OS/c15-10(7-4-5-12-6-7)14-11-13-8-2-1-3-9(8)16-11/h7,12H,1-6H2,(H,13,14,15). The predicted octanol–water partition coefficient (Wildman–Crippen LogP) is 1.18. The largest absolute Gasteiger partial charge is 0.316 e. The number of hydrogen-bond donors (Lipinski definition) is 2. The van der Waals surface area contributed by atoms with Gasteiger partial charge >= 0.3 is 0 Å². The molecule has 16 heavy (non-hydrogen) atoms. The van der Waals surface area contributed by atoms with Gasteiger partial charge in [0.25, 0.3) is 0 Å². The monoisotopic (exact) mass is 237 g/mol. The molecule has 5 heteroatoms. The Labute approximate surface area is 98.5 Å². The first-order valence-corrected chi connectivity index (χ1v) is 6.65. The number of aryl methyl sites for hydroxylation is 2. The molecular weight excluding hydrogens is 222 g/mol. The SMILES string of the molecule is O=C(Nc1nc2c(s1)CCC2)C1CCNC1. The summed E-state index contributed by atoms with van der Waals surface area (Å²) in [7, 11) is 0. The number of fused-ring (bicyclic) bond motifs is 1. The third kappa shape index (κ3) is 1.85. The normalized spacial score (nSPS) is 23.4. The Morgan fingerprint density at radius 1 is 1.50 bits per heavy atom. The van der Waals surface area contributed by atoms with Crippen molar-refractivity contribution in [3.8, 4) is 0 Å². The zero-order chi connectivity index (χ0) is 11.0. The number of nitrogens with one attached hydrogen (secondary N) is 2. The molecule has 0 spiro atoms. The third-order valence-corrected chi connectivity index (χ3v) is 4.33. The first-order valence-electron chi connectivity index (χ1n) is 5.83. The molecule has 1 amide bonds. The van der Waals surface area contributed by atoms with Crippen LogP contribution in [0.3, 0.4) is 0 Å². The van der Waals surface area contributed by atoms with Crippen molar-refractivity contribution in [2.45, 2.75) is 25.7 Å². The van der Waals surface area contributed by atoms with E-state index in [0.717, 1.165) is 37.5 Å². The van der Waals surface area contributed by atoms with Gasteiger partial charge in [0.05, 0.1) is 11.6 Å². The average Bonchev–Trinajstić information content (AvgIpc) is 2.91. The number of aromatic nitrogens is 1. The van der Waals surface area contributed by atoms with E-state index in [4.69, 9.17) is 0 Å². The predicted molar refractivity (Wildman–Crippen MR) is 63.7 cm³/mol. The molecule has 1 aliphatic heterocycles. The van der Waals surface area contributed by atoms with Gasteiger partial charge in [-0.05, 0) is 32.2 Å². The van der Waals surface area contributed by atoms with Crippen LogP contribution in [0.5, 0.6) is 0 Å². The van der Waals surface area contributed by atoms with Crippen molar-refractivity contribution in [1.82, 2.24) is 10.3 Å². The molecule has 2 N–H and O–H groups in total. The molecule has 1 atom stereocenters. The third-order valence-electron chi connectivity index (χ3n) is 3.26. The Balaban J connectivity index is 1.67. The number of anilines is 1. The first kappa shape index (κ1) is 10.2. The molecule has 3 rings (SSSR count). The minimum atomic E-state index is 0.123. The fourth-order valence-corrected chi connectivity index (χ4v) is 3.38.